The number of hydrogen-bond donors (Lipinski definition) is 2. The minimum absolute atomic E-state index is 0.0174. The lowest BCUT2D eigenvalue weighted by atomic mass is 9.94. The molecule has 3 amide bonds. The summed E-state index contributed by atoms with van der Waals surface area (Å²) in [6.07, 6.45) is -0.686. The van der Waals surface area contributed by atoms with Crippen molar-refractivity contribution in [3.8, 4) is 0 Å². The third-order valence-corrected chi connectivity index (χ3v) is 5.61. The van der Waals surface area contributed by atoms with Crippen LogP contribution in [0.2, 0.25) is 0 Å². The summed E-state index contributed by atoms with van der Waals surface area (Å²) < 4.78 is 10.3. The van der Waals surface area contributed by atoms with Gasteiger partial charge in [-0.3, -0.25) is 14.4 Å². The molecule has 9 nitrogen and oxygen atoms in total. The first kappa shape index (κ1) is 31.9. The van der Waals surface area contributed by atoms with Crippen molar-refractivity contribution in [2.24, 2.45) is 5.92 Å². The van der Waals surface area contributed by atoms with Gasteiger partial charge >= 0.3 is 12.1 Å². The zero-order chi connectivity index (χ0) is 28.5. The Balaban J connectivity index is 3.44. The van der Waals surface area contributed by atoms with E-state index in [4.69, 9.17) is 9.47 Å². The van der Waals surface area contributed by atoms with Gasteiger partial charge in [0.15, 0.2) is 0 Å². The largest absolute Gasteiger partial charge is 0.466 e. The van der Waals surface area contributed by atoms with E-state index in [0.29, 0.717) is 5.56 Å². The maximum Gasteiger partial charge on any atom is 0.408 e. The van der Waals surface area contributed by atoms with E-state index >= 15 is 0 Å². The highest BCUT2D eigenvalue weighted by molar-refractivity contribution is 5.92. The first-order valence-corrected chi connectivity index (χ1v) is 12.9. The van der Waals surface area contributed by atoms with Gasteiger partial charge in [0.2, 0.25) is 11.8 Å². The van der Waals surface area contributed by atoms with Crippen LogP contribution in [0.4, 0.5) is 4.79 Å². The number of amides is 3. The lowest BCUT2D eigenvalue weighted by Crippen LogP contribution is -2.56. The van der Waals surface area contributed by atoms with E-state index in [-0.39, 0.29) is 31.5 Å². The van der Waals surface area contributed by atoms with Crippen LogP contribution in [-0.4, -0.2) is 59.6 Å². The molecular weight excluding hydrogens is 474 g/mol. The van der Waals surface area contributed by atoms with Gasteiger partial charge in [0.1, 0.15) is 17.7 Å². The first-order valence-electron chi connectivity index (χ1n) is 12.9. The van der Waals surface area contributed by atoms with E-state index in [1.807, 2.05) is 59.7 Å². The summed E-state index contributed by atoms with van der Waals surface area (Å²) in [5.41, 5.74) is 1.73. The van der Waals surface area contributed by atoms with Crippen molar-refractivity contribution in [1.82, 2.24) is 15.5 Å². The van der Waals surface area contributed by atoms with E-state index in [1.165, 1.54) is 4.90 Å². The number of nitrogens with zero attached hydrogens (tertiary/aromatic N) is 1. The maximum absolute atomic E-state index is 14.0. The Labute approximate surface area is 221 Å². The second kappa shape index (κ2) is 14.0. The van der Waals surface area contributed by atoms with Crippen molar-refractivity contribution >= 4 is 23.9 Å². The van der Waals surface area contributed by atoms with Crippen LogP contribution in [-0.2, 0) is 23.9 Å². The molecule has 9 heteroatoms. The number of ether oxygens (including phenoxy) is 2. The molecule has 1 aromatic carbocycles. The van der Waals surface area contributed by atoms with Crippen LogP contribution < -0.4 is 10.6 Å². The van der Waals surface area contributed by atoms with Gasteiger partial charge in [0.05, 0.1) is 13.0 Å². The van der Waals surface area contributed by atoms with Crippen LogP contribution in [0.3, 0.4) is 0 Å². The summed E-state index contributed by atoms with van der Waals surface area (Å²) in [5.74, 6) is -1.50. The predicted octanol–water partition coefficient (Wildman–Crippen LogP) is 4.20. The first-order chi connectivity index (χ1) is 17.1. The Hall–Kier alpha value is -3.10. The predicted molar refractivity (Wildman–Crippen MR) is 143 cm³/mol. The summed E-state index contributed by atoms with van der Waals surface area (Å²) in [6, 6.07) is 3.46. The molecule has 37 heavy (non-hydrogen) atoms. The number of rotatable bonds is 11. The van der Waals surface area contributed by atoms with Gasteiger partial charge in [0.25, 0.3) is 0 Å². The van der Waals surface area contributed by atoms with Gasteiger partial charge < -0.3 is 25.0 Å². The van der Waals surface area contributed by atoms with Crippen LogP contribution in [0.15, 0.2) is 18.2 Å². The Kier molecular flexibility index (Phi) is 12.1. The molecule has 0 saturated heterocycles. The highest BCUT2D eigenvalue weighted by Crippen LogP contribution is 2.29. The van der Waals surface area contributed by atoms with Crippen molar-refractivity contribution in [3.63, 3.8) is 0 Å². The standard InChI is InChI=1S/C28H45N3O6/c1-11-36-22(32)14-15-29-25(33)24(21-16-19(6)12-13-20(21)7)31(18(4)5)26(34)23(17(2)3)30-27(35)37-28(8,9)10/h12-13,16-18,23-24H,11,14-15H2,1-10H3,(H,29,33)(H,30,35). The van der Waals surface area contributed by atoms with Gasteiger partial charge in [-0.05, 0) is 72.4 Å². The van der Waals surface area contributed by atoms with E-state index in [0.717, 1.165) is 11.1 Å². The second-order valence-electron chi connectivity index (χ2n) is 10.8. The summed E-state index contributed by atoms with van der Waals surface area (Å²) in [5, 5.41) is 5.51. The molecular formula is C28H45N3O6. The maximum atomic E-state index is 14.0. The Morgan fingerprint density at radius 1 is 1.03 bits per heavy atom. The number of aryl methyl sites for hydroxylation is 2. The monoisotopic (exact) mass is 519 g/mol. The number of esters is 1. The number of alkyl carbamates (subject to hydrolysis) is 1. The zero-order valence-corrected chi connectivity index (χ0v) is 24.1. The van der Waals surface area contributed by atoms with Crippen molar-refractivity contribution in [3.05, 3.63) is 34.9 Å². The van der Waals surface area contributed by atoms with Crippen LogP contribution in [0.1, 0.15) is 84.5 Å². The molecule has 0 aliphatic heterocycles. The average Bonchev–Trinajstić information content (AvgIpc) is 2.75. The molecule has 2 N–H and O–H groups in total. The van der Waals surface area contributed by atoms with Crippen LogP contribution in [0.25, 0.3) is 0 Å². The summed E-state index contributed by atoms with van der Waals surface area (Å²) in [4.78, 5) is 53.5. The smallest absolute Gasteiger partial charge is 0.408 e. The van der Waals surface area contributed by atoms with Crippen LogP contribution in [0.5, 0.6) is 0 Å². The van der Waals surface area contributed by atoms with E-state index < -0.39 is 41.6 Å². The van der Waals surface area contributed by atoms with Crippen LogP contribution >= 0.6 is 0 Å². The molecule has 0 aliphatic rings. The summed E-state index contributed by atoms with van der Waals surface area (Å²) in [6.45, 7) is 18.4. The van der Waals surface area contributed by atoms with E-state index in [1.54, 1.807) is 27.7 Å². The van der Waals surface area contributed by atoms with Crippen molar-refractivity contribution in [2.45, 2.75) is 99.4 Å². The highest BCUT2D eigenvalue weighted by Gasteiger charge is 2.39. The van der Waals surface area contributed by atoms with Gasteiger partial charge in [-0.1, -0.05) is 37.6 Å². The molecule has 208 valence electrons. The summed E-state index contributed by atoms with van der Waals surface area (Å²) in [7, 11) is 0. The molecule has 1 aromatic rings. The van der Waals surface area contributed by atoms with E-state index in [2.05, 4.69) is 10.6 Å². The average molecular weight is 520 g/mol. The van der Waals surface area contributed by atoms with Gasteiger partial charge in [-0.15, -0.1) is 0 Å². The zero-order valence-electron chi connectivity index (χ0n) is 24.1. The van der Waals surface area contributed by atoms with Gasteiger partial charge in [-0.2, -0.15) is 0 Å². The molecule has 0 radical (unpaired) electrons. The van der Waals surface area contributed by atoms with Gasteiger partial charge in [0, 0.05) is 12.6 Å². The minimum atomic E-state index is -0.976. The second-order valence-corrected chi connectivity index (χ2v) is 10.8. The van der Waals surface area contributed by atoms with Crippen LogP contribution in [0, 0.1) is 19.8 Å². The van der Waals surface area contributed by atoms with E-state index in [9.17, 15) is 19.2 Å². The molecule has 1 rings (SSSR count). The molecule has 0 fully saturated rings. The topological polar surface area (TPSA) is 114 Å². The molecule has 2 unspecified atom stereocenters. The number of hydrogen-bond acceptors (Lipinski definition) is 6. The Morgan fingerprint density at radius 3 is 2.16 bits per heavy atom. The van der Waals surface area contributed by atoms with Crippen molar-refractivity contribution < 1.29 is 28.7 Å². The highest BCUT2D eigenvalue weighted by atomic mass is 16.6. The molecule has 0 saturated carbocycles. The number of carbonyl (C=O) groups excluding carboxylic acids is 4. The third-order valence-electron chi connectivity index (χ3n) is 5.61. The number of nitrogens with one attached hydrogen (secondary N) is 2. The molecule has 0 aliphatic carbocycles. The molecule has 0 spiro atoms. The van der Waals surface area contributed by atoms with Crippen molar-refractivity contribution in [1.29, 1.82) is 0 Å². The molecule has 0 bridgehead atoms. The number of benzene rings is 1. The third kappa shape index (κ3) is 10.1. The van der Waals surface area contributed by atoms with Crippen molar-refractivity contribution in [2.75, 3.05) is 13.2 Å². The fraction of sp³-hybridized carbons (Fsp3) is 0.643. The number of carbonyl (C=O) groups is 4. The summed E-state index contributed by atoms with van der Waals surface area (Å²) >= 11 is 0. The molecule has 0 heterocycles. The Bertz CT molecular complexity index is 952. The SMILES string of the molecule is CCOC(=O)CCNC(=O)C(c1cc(C)ccc1C)N(C(=O)C(NC(=O)OC(C)(C)C)C(C)C)C(C)C. The fourth-order valence-electron chi connectivity index (χ4n) is 3.88. The lowest BCUT2D eigenvalue weighted by Gasteiger charge is -2.38. The molecule has 2 atom stereocenters. The fourth-order valence-corrected chi connectivity index (χ4v) is 3.88. The van der Waals surface area contributed by atoms with Gasteiger partial charge in [-0.25, -0.2) is 4.79 Å². The lowest BCUT2D eigenvalue weighted by molar-refractivity contribution is -0.146. The Morgan fingerprint density at radius 2 is 1.65 bits per heavy atom. The minimum Gasteiger partial charge on any atom is -0.466 e. The normalized spacial score (nSPS) is 13.1. The quantitative estimate of drug-likeness (QED) is 0.424. The molecule has 0 aromatic heterocycles.